The Morgan fingerprint density at radius 3 is 2.00 bits per heavy atom. The standard InChI is InChI=1S/C12H20NOP.C10H8O.C9H12.C4H9N/c1-10-3-5-11(6-4-10)7-8-12(2,13)9-14-15;11-10-7-3-5-8-4-1-2-6-9(8)10;1-2-6-9-7-4-3-5-8-9;1-3-4(2)5/h3-6H,7-9,13,15H2,1-2H3;1-7,11H;3-5,7-8H,2,6H2,1H3;3-4H,1,5H2,2H3. The molecule has 216 valence electrons. The normalized spacial score (nSPS) is 12.3. The van der Waals surface area contributed by atoms with Crippen molar-refractivity contribution in [2.75, 3.05) is 6.61 Å². The first-order chi connectivity index (χ1) is 19.1. The van der Waals surface area contributed by atoms with Gasteiger partial charge in [0, 0.05) is 26.4 Å². The van der Waals surface area contributed by atoms with Gasteiger partial charge in [0.15, 0.2) is 0 Å². The van der Waals surface area contributed by atoms with Crippen LogP contribution in [-0.4, -0.2) is 23.3 Å². The molecular weight excluding hydrogens is 511 g/mol. The van der Waals surface area contributed by atoms with E-state index in [0.717, 1.165) is 23.6 Å². The number of aromatic hydroxyl groups is 1. The highest BCUT2D eigenvalue weighted by molar-refractivity contribution is 7.09. The molecule has 40 heavy (non-hydrogen) atoms. The minimum absolute atomic E-state index is 0.148. The van der Waals surface area contributed by atoms with Gasteiger partial charge in [-0.25, -0.2) is 0 Å². The van der Waals surface area contributed by atoms with E-state index < -0.39 is 0 Å². The second-order valence-corrected chi connectivity index (χ2v) is 10.6. The third kappa shape index (κ3) is 15.5. The summed E-state index contributed by atoms with van der Waals surface area (Å²) in [5.41, 5.74) is 15.1. The molecule has 3 atom stereocenters. The number of nitrogens with two attached hydrogens (primary N) is 2. The highest BCUT2D eigenvalue weighted by atomic mass is 31.0. The minimum Gasteiger partial charge on any atom is -0.507 e. The van der Waals surface area contributed by atoms with Crippen molar-refractivity contribution in [2.24, 2.45) is 11.5 Å². The Labute approximate surface area is 244 Å². The van der Waals surface area contributed by atoms with E-state index in [1.54, 1.807) is 12.1 Å². The lowest BCUT2D eigenvalue weighted by Crippen LogP contribution is -2.40. The van der Waals surface area contributed by atoms with Crippen molar-refractivity contribution in [1.82, 2.24) is 0 Å². The lowest BCUT2D eigenvalue weighted by Gasteiger charge is -2.23. The molecule has 3 unspecified atom stereocenters. The van der Waals surface area contributed by atoms with Crippen LogP contribution in [0, 0.1) is 6.92 Å². The van der Waals surface area contributed by atoms with Crippen molar-refractivity contribution >= 4 is 20.2 Å². The number of hydrogen-bond acceptors (Lipinski definition) is 4. The van der Waals surface area contributed by atoms with Crippen molar-refractivity contribution in [3.05, 3.63) is 126 Å². The lowest BCUT2D eigenvalue weighted by molar-refractivity contribution is 0.251. The molecule has 0 radical (unpaired) electrons. The maximum Gasteiger partial charge on any atom is 0.123 e. The first kappa shape index (κ1) is 35.0. The van der Waals surface area contributed by atoms with Crippen molar-refractivity contribution in [3.63, 3.8) is 0 Å². The second-order valence-electron chi connectivity index (χ2n) is 10.3. The molecule has 0 bridgehead atoms. The fourth-order valence-electron chi connectivity index (χ4n) is 3.59. The zero-order chi connectivity index (χ0) is 29.8. The van der Waals surface area contributed by atoms with Crippen LogP contribution in [0.2, 0.25) is 0 Å². The Morgan fingerprint density at radius 1 is 0.900 bits per heavy atom. The van der Waals surface area contributed by atoms with Crippen LogP contribution in [-0.2, 0) is 17.4 Å². The number of hydrogen-bond donors (Lipinski definition) is 3. The molecule has 0 heterocycles. The molecule has 0 aliphatic rings. The SMILES string of the molecule is C=CC(C)N.CCCc1ccccc1.Cc1ccc(CCC(C)(N)COP)cc1.Oc1cccc2ccccc12. The van der Waals surface area contributed by atoms with Crippen molar-refractivity contribution in [1.29, 1.82) is 0 Å². The highest BCUT2D eigenvalue weighted by Gasteiger charge is 2.17. The van der Waals surface area contributed by atoms with E-state index in [0.29, 0.717) is 12.4 Å². The van der Waals surface area contributed by atoms with Gasteiger partial charge >= 0.3 is 0 Å². The third-order valence-electron chi connectivity index (χ3n) is 6.04. The summed E-state index contributed by atoms with van der Waals surface area (Å²) in [6.45, 7) is 12.2. The van der Waals surface area contributed by atoms with Gasteiger partial charge in [0.25, 0.3) is 0 Å². The number of phenols is 1. The summed E-state index contributed by atoms with van der Waals surface area (Å²) in [5, 5.41) is 11.4. The van der Waals surface area contributed by atoms with Crippen LogP contribution in [0.25, 0.3) is 10.8 Å². The monoisotopic (exact) mass is 560 g/mol. The molecule has 0 aromatic heterocycles. The highest BCUT2D eigenvalue weighted by Crippen LogP contribution is 2.23. The van der Waals surface area contributed by atoms with Crippen LogP contribution >= 0.6 is 9.47 Å². The van der Waals surface area contributed by atoms with Gasteiger partial charge in [0.1, 0.15) is 5.75 Å². The summed E-state index contributed by atoms with van der Waals surface area (Å²) in [5.74, 6) is 0.350. The quantitative estimate of drug-likeness (QED) is 0.150. The van der Waals surface area contributed by atoms with Gasteiger partial charge in [-0.15, -0.1) is 6.58 Å². The summed E-state index contributed by atoms with van der Waals surface area (Å²) in [7, 11) is 2.25. The van der Waals surface area contributed by atoms with Crippen molar-refractivity contribution in [3.8, 4) is 5.75 Å². The van der Waals surface area contributed by atoms with Gasteiger partial charge in [0.2, 0.25) is 0 Å². The first-order valence-corrected chi connectivity index (χ1v) is 14.3. The summed E-state index contributed by atoms with van der Waals surface area (Å²) in [4.78, 5) is 0. The zero-order valence-electron chi connectivity index (χ0n) is 24.7. The molecule has 0 spiro atoms. The van der Waals surface area contributed by atoms with E-state index in [1.807, 2.05) is 50.2 Å². The van der Waals surface area contributed by atoms with Crippen LogP contribution in [0.15, 0.2) is 110 Å². The smallest absolute Gasteiger partial charge is 0.123 e. The molecule has 0 saturated carbocycles. The molecule has 0 amide bonds. The fraction of sp³-hybridized carbons (Fsp3) is 0.314. The molecule has 5 N–H and O–H groups in total. The maximum atomic E-state index is 9.37. The Kier molecular flexibility index (Phi) is 17.5. The van der Waals surface area contributed by atoms with Crippen LogP contribution in [0.4, 0.5) is 0 Å². The van der Waals surface area contributed by atoms with Crippen molar-refractivity contribution < 1.29 is 9.63 Å². The molecule has 5 heteroatoms. The van der Waals surface area contributed by atoms with Gasteiger partial charge in [0.05, 0.1) is 6.61 Å². The lowest BCUT2D eigenvalue weighted by atomic mass is 9.95. The molecule has 4 nitrogen and oxygen atoms in total. The van der Waals surface area contributed by atoms with Crippen LogP contribution < -0.4 is 11.5 Å². The van der Waals surface area contributed by atoms with E-state index >= 15 is 0 Å². The Morgan fingerprint density at radius 2 is 1.45 bits per heavy atom. The maximum absolute atomic E-state index is 9.37. The number of rotatable bonds is 8. The zero-order valence-corrected chi connectivity index (χ0v) is 25.9. The molecule has 4 rings (SSSR count). The van der Waals surface area contributed by atoms with E-state index in [-0.39, 0.29) is 11.6 Å². The number of aryl methyl sites for hydroxylation is 3. The summed E-state index contributed by atoms with van der Waals surface area (Å²) < 4.78 is 5.01. The van der Waals surface area contributed by atoms with E-state index in [1.165, 1.54) is 29.5 Å². The number of phenolic OH excluding ortho intramolecular Hbond substituents is 1. The minimum atomic E-state index is -0.243. The van der Waals surface area contributed by atoms with E-state index in [9.17, 15) is 5.11 Å². The Balaban J connectivity index is 0.000000284. The van der Waals surface area contributed by atoms with Gasteiger partial charge < -0.3 is 21.1 Å². The number of fused-ring (bicyclic) bond motifs is 1. The largest absolute Gasteiger partial charge is 0.507 e. The van der Waals surface area contributed by atoms with Crippen LogP contribution in [0.1, 0.15) is 50.3 Å². The average Bonchev–Trinajstić information content (AvgIpc) is 2.95. The van der Waals surface area contributed by atoms with Gasteiger partial charge in [-0.1, -0.05) is 116 Å². The summed E-state index contributed by atoms with van der Waals surface area (Å²) in [6, 6.07) is 32.6. The number of benzene rings is 4. The van der Waals surface area contributed by atoms with E-state index in [2.05, 4.69) is 84.5 Å². The van der Waals surface area contributed by atoms with Crippen molar-refractivity contribution in [2.45, 2.75) is 65.0 Å². The predicted molar refractivity (Wildman–Crippen MR) is 178 cm³/mol. The summed E-state index contributed by atoms with van der Waals surface area (Å²) in [6.07, 6.45) is 6.08. The Hall–Kier alpha value is -3.01. The topological polar surface area (TPSA) is 81.5 Å². The third-order valence-corrected chi connectivity index (χ3v) is 6.21. The molecular formula is C35H49N2O2P. The van der Waals surface area contributed by atoms with Crippen LogP contribution in [0.3, 0.4) is 0 Å². The van der Waals surface area contributed by atoms with Gasteiger partial charge in [-0.3, -0.25) is 0 Å². The summed E-state index contributed by atoms with van der Waals surface area (Å²) >= 11 is 0. The fourth-order valence-corrected chi connectivity index (χ4v) is 3.97. The first-order valence-electron chi connectivity index (χ1n) is 13.9. The second kappa shape index (κ2) is 20.0. The van der Waals surface area contributed by atoms with Gasteiger partial charge in [-0.05, 0) is 62.6 Å². The molecule has 0 aliphatic heterocycles. The Bertz CT molecular complexity index is 1200. The van der Waals surface area contributed by atoms with E-state index in [4.69, 9.17) is 16.0 Å². The molecule has 4 aromatic carbocycles. The molecule has 4 aromatic rings. The van der Waals surface area contributed by atoms with Crippen LogP contribution in [0.5, 0.6) is 5.75 Å². The molecule has 0 aliphatic carbocycles. The average molecular weight is 561 g/mol. The predicted octanol–water partition coefficient (Wildman–Crippen LogP) is 8.16. The molecule has 0 saturated heterocycles. The molecule has 0 fully saturated rings. The van der Waals surface area contributed by atoms with Gasteiger partial charge in [-0.2, -0.15) is 0 Å².